The first-order chi connectivity index (χ1) is 22.4. The Hall–Kier alpha value is -4.29. The maximum atomic E-state index is 13.7. The molecule has 3 aromatic heterocycles. The van der Waals surface area contributed by atoms with E-state index in [2.05, 4.69) is 80.7 Å². The number of halogens is 2. The Morgan fingerprint density at radius 1 is 0.708 bits per heavy atom. The largest absolute Gasteiger partial charge is 0.501 e. The van der Waals surface area contributed by atoms with Crippen LogP contribution in [0, 0.1) is 23.8 Å². The molecule has 0 bridgehead atoms. The smallest absolute Gasteiger partial charge is 0.126 e. The van der Waals surface area contributed by atoms with Crippen LogP contribution in [0.3, 0.4) is 0 Å². The van der Waals surface area contributed by atoms with Gasteiger partial charge in [-0.3, -0.25) is 0 Å². The summed E-state index contributed by atoms with van der Waals surface area (Å²) < 4.78 is 33.6. The molecule has 0 atom stereocenters. The van der Waals surface area contributed by atoms with Crippen LogP contribution in [0.25, 0.3) is 55.6 Å². The molecule has 0 saturated carbocycles. The van der Waals surface area contributed by atoms with E-state index in [1.165, 1.54) is 22.9 Å². The molecule has 0 aliphatic carbocycles. The van der Waals surface area contributed by atoms with Crippen LogP contribution in [0.2, 0.25) is 19.6 Å². The van der Waals surface area contributed by atoms with E-state index < -0.39 is 19.7 Å². The van der Waals surface area contributed by atoms with Gasteiger partial charge in [0.05, 0.1) is 13.7 Å². The molecular formula is C41H36F2IrN2OSi-2. The van der Waals surface area contributed by atoms with Gasteiger partial charge in [0.2, 0.25) is 0 Å². The predicted molar refractivity (Wildman–Crippen MR) is 191 cm³/mol. The van der Waals surface area contributed by atoms with Gasteiger partial charge >= 0.3 is 0 Å². The first-order valence-electron chi connectivity index (χ1n) is 15.6. The van der Waals surface area contributed by atoms with Gasteiger partial charge in [0.1, 0.15) is 17.2 Å². The van der Waals surface area contributed by atoms with Crippen molar-refractivity contribution in [3.05, 3.63) is 139 Å². The number of hydrogen-bond acceptors (Lipinski definition) is 3. The van der Waals surface area contributed by atoms with Gasteiger partial charge in [-0.15, -0.1) is 54.1 Å². The molecule has 3 nitrogen and oxygen atoms in total. The van der Waals surface area contributed by atoms with Gasteiger partial charge in [0.25, 0.3) is 0 Å². The summed E-state index contributed by atoms with van der Waals surface area (Å²) in [6, 6.07) is 35.7. The third-order valence-corrected chi connectivity index (χ3v) is 10.2. The van der Waals surface area contributed by atoms with E-state index in [-0.39, 0.29) is 25.5 Å². The van der Waals surface area contributed by atoms with Gasteiger partial charge in [-0.25, -0.2) is 8.78 Å². The molecule has 48 heavy (non-hydrogen) atoms. The van der Waals surface area contributed by atoms with Gasteiger partial charge in [0.15, 0.2) is 0 Å². The molecule has 0 N–H and O–H groups in total. The molecule has 4 aromatic carbocycles. The molecule has 0 fully saturated rings. The molecule has 0 aliphatic heterocycles. The molecule has 0 saturated heterocycles. The normalized spacial score (nSPS) is 11.6. The molecule has 245 valence electrons. The SMILES string of the molecule is CC(C)(C)c1ccnc(-c2[c-]ccc3c2oc2cc(-c4cc(F)cc(F)c4)ccc23)c1.C[Si](C)(C)c1ccc(-c2[c-]cccc2)nc1.[Ir]. The molecule has 7 heteroatoms. The topological polar surface area (TPSA) is 38.9 Å². The minimum Gasteiger partial charge on any atom is -0.501 e. The van der Waals surface area contributed by atoms with Crippen molar-refractivity contribution < 1.29 is 33.3 Å². The molecule has 0 spiro atoms. The van der Waals surface area contributed by atoms with E-state index in [1.54, 1.807) is 0 Å². The van der Waals surface area contributed by atoms with Crippen molar-refractivity contribution in [3.8, 4) is 33.6 Å². The Bertz CT molecular complexity index is 2160. The molecule has 0 amide bonds. The minimum absolute atomic E-state index is 0. The number of furan rings is 1. The van der Waals surface area contributed by atoms with E-state index in [0.29, 0.717) is 22.3 Å². The maximum absolute atomic E-state index is 13.7. The Kier molecular flexibility index (Phi) is 10.3. The summed E-state index contributed by atoms with van der Waals surface area (Å²) in [5, 5.41) is 3.27. The summed E-state index contributed by atoms with van der Waals surface area (Å²) in [6.07, 6.45) is 3.82. The predicted octanol–water partition coefficient (Wildman–Crippen LogP) is 10.8. The first kappa shape index (κ1) is 35.0. The van der Waals surface area contributed by atoms with E-state index >= 15 is 0 Å². The van der Waals surface area contributed by atoms with Crippen molar-refractivity contribution in [2.75, 3.05) is 0 Å². The average Bonchev–Trinajstić information content (AvgIpc) is 3.43. The second kappa shape index (κ2) is 14.1. The summed E-state index contributed by atoms with van der Waals surface area (Å²) in [4.78, 5) is 9.07. The Balaban J connectivity index is 0.000000224. The van der Waals surface area contributed by atoms with E-state index in [1.807, 2.05) is 73.1 Å². The third kappa shape index (κ3) is 7.70. The number of fused-ring (bicyclic) bond motifs is 3. The Morgan fingerprint density at radius 2 is 1.48 bits per heavy atom. The zero-order chi connectivity index (χ0) is 33.3. The summed E-state index contributed by atoms with van der Waals surface area (Å²) in [5.41, 5.74) is 7.30. The van der Waals surface area contributed by atoms with E-state index in [0.717, 1.165) is 39.4 Å². The second-order valence-corrected chi connectivity index (χ2v) is 18.8. The van der Waals surface area contributed by atoms with Crippen LogP contribution in [0.15, 0.2) is 114 Å². The zero-order valence-electron chi connectivity index (χ0n) is 27.8. The summed E-state index contributed by atoms with van der Waals surface area (Å²) in [5.74, 6) is -1.22. The van der Waals surface area contributed by atoms with Crippen LogP contribution in [0.4, 0.5) is 8.78 Å². The van der Waals surface area contributed by atoms with Crippen LogP contribution in [-0.2, 0) is 25.5 Å². The van der Waals surface area contributed by atoms with Crippen molar-refractivity contribution in [3.63, 3.8) is 0 Å². The Morgan fingerprint density at radius 3 is 2.12 bits per heavy atom. The zero-order valence-corrected chi connectivity index (χ0v) is 31.2. The van der Waals surface area contributed by atoms with Gasteiger partial charge in [-0.2, -0.15) is 0 Å². The molecule has 3 heterocycles. The van der Waals surface area contributed by atoms with Crippen LogP contribution in [0.1, 0.15) is 26.3 Å². The molecule has 7 aromatic rings. The maximum Gasteiger partial charge on any atom is 0.126 e. The number of pyridine rings is 2. The molecular weight excluding hydrogens is 795 g/mol. The number of benzene rings is 4. The van der Waals surface area contributed by atoms with Crippen LogP contribution in [0.5, 0.6) is 0 Å². The molecule has 7 rings (SSSR count). The summed E-state index contributed by atoms with van der Waals surface area (Å²) in [7, 11) is -1.23. The van der Waals surface area contributed by atoms with Gasteiger partial charge in [-0.1, -0.05) is 81.7 Å². The van der Waals surface area contributed by atoms with Crippen molar-refractivity contribution in [2.45, 2.75) is 45.8 Å². The molecule has 0 aliphatic rings. The second-order valence-electron chi connectivity index (χ2n) is 13.7. The number of hydrogen-bond donors (Lipinski definition) is 0. The van der Waals surface area contributed by atoms with Crippen molar-refractivity contribution in [1.82, 2.24) is 9.97 Å². The van der Waals surface area contributed by atoms with Crippen molar-refractivity contribution in [2.24, 2.45) is 0 Å². The monoisotopic (exact) mass is 831 g/mol. The van der Waals surface area contributed by atoms with Crippen LogP contribution in [-0.4, -0.2) is 18.0 Å². The fourth-order valence-corrected chi connectivity index (χ4v) is 6.45. The summed E-state index contributed by atoms with van der Waals surface area (Å²) in [6.45, 7) is 13.5. The fourth-order valence-electron chi connectivity index (χ4n) is 5.42. The van der Waals surface area contributed by atoms with Crippen molar-refractivity contribution >= 4 is 35.2 Å². The molecule has 0 unspecified atom stereocenters. The number of nitrogens with zero attached hydrogens (tertiary/aromatic N) is 2. The quantitative estimate of drug-likeness (QED) is 0.131. The Labute approximate surface area is 295 Å². The number of rotatable bonds is 4. The van der Waals surface area contributed by atoms with E-state index in [4.69, 9.17) is 4.42 Å². The summed E-state index contributed by atoms with van der Waals surface area (Å²) >= 11 is 0. The first-order valence-corrected chi connectivity index (χ1v) is 19.1. The average molecular weight is 831 g/mol. The van der Waals surface area contributed by atoms with Crippen LogP contribution >= 0.6 is 0 Å². The van der Waals surface area contributed by atoms with Gasteiger partial charge in [-0.05, 0) is 62.9 Å². The van der Waals surface area contributed by atoms with Crippen molar-refractivity contribution in [1.29, 1.82) is 0 Å². The van der Waals surface area contributed by atoms with Gasteiger partial charge < -0.3 is 14.4 Å². The van der Waals surface area contributed by atoms with Crippen LogP contribution < -0.4 is 5.19 Å². The molecule has 1 radical (unpaired) electrons. The van der Waals surface area contributed by atoms with Gasteiger partial charge in [0, 0.05) is 44.0 Å². The third-order valence-electron chi connectivity index (χ3n) is 8.13. The standard InChI is InChI=1S/C27H20F2NO.C14H16NSi.Ir/c1-27(2,3)18-9-10-30-24(14-18)23-6-4-5-22-21-8-7-16(13-25(21)31-26(22)23)17-11-19(28)15-20(29)12-17;1-16(2,3)13-9-10-14(15-11-13)12-7-5-4-6-8-12;/h4-5,7-15H,1-3H3;4-7,9-11H,1-3H3;/q2*-1;. The fraction of sp³-hybridized carbons (Fsp3) is 0.171. The number of aromatic nitrogens is 2. The van der Waals surface area contributed by atoms with E-state index in [9.17, 15) is 8.78 Å². The minimum atomic E-state index is -1.23.